The van der Waals surface area contributed by atoms with E-state index in [1.807, 2.05) is 24.3 Å². The van der Waals surface area contributed by atoms with Crippen molar-refractivity contribution in [1.82, 2.24) is 5.32 Å². The average Bonchev–Trinajstić information content (AvgIpc) is 2.60. The summed E-state index contributed by atoms with van der Waals surface area (Å²) in [6, 6.07) is 13.9. The van der Waals surface area contributed by atoms with Crippen LogP contribution in [0, 0.1) is 0 Å². The lowest BCUT2D eigenvalue weighted by Crippen LogP contribution is -2.24. The zero-order valence-corrected chi connectivity index (χ0v) is 13.6. The Morgan fingerprint density at radius 2 is 1.71 bits per heavy atom. The summed E-state index contributed by atoms with van der Waals surface area (Å²) < 4.78 is 5.22. The van der Waals surface area contributed by atoms with Crippen molar-refractivity contribution in [3.63, 3.8) is 0 Å². The van der Waals surface area contributed by atoms with Gasteiger partial charge in [0.25, 0.3) is 0 Å². The molecule has 2 rings (SSSR count). The van der Waals surface area contributed by atoms with Crippen molar-refractivity contribution >= 4 is 29.0 Å². The maximum absolute atomic E-state index is 12.1. The van der Waals surface area contributed by atoms with Crippen LogP contribution < -0.4 is 26.0 Å². The van der Waals surface area contributed by atoms with Gasteiger partial charge in [-0.2, -0.15) is 0 Å². The summed E-state index contributed by atoms with van der Waals surface area (Å²) in [5.74, 6) is 0.458. The number of methoxy groups -OCH3 is 1. The molecule has 0 saturated carbocycles. The number of amides is 3. The summed E-state index contributed by atoms with van der Waals surface area (Å²) in [5, 5.41) is 10.9. The molecule has 3 amide bonds. The molecular weight excluding hydrogens is 308 g/mol. The van der Waals surface area contributed by atoms with Gasteiger partial charge in [0.15, 0.2) is 0 Å². The molecule has 0 spiro atoms. The largest absolute Gasteiger partial charge is 0.495 e. The third kappa shape index (κ3) is 4.91. The first-order valence-electron chi connectivity index (χ1n) is 7.38. The Morgan fingerprint density at radius 3 is 2.42 bits per heavy atom. The number of carbonyl (C=O) groups is 2. The fourth-order valence-corrected chi connectivity index (χ4v) is 2.04. The van der Waals surface area contributed by atoms with Crippen molar-refractivity contribution in [3.05, 3.63) is 48.5 Å². The maximum atomic E-state index is 12.1. The van der Waals surface area contributed by atoms with Crippen LogP contribution in [-0.2, 0) is 4.79 Å². The van der Waals surface area contributed by atoms with E-state index in [1.165, 1.54) is 7.05 Å². The summed E-state index contributed by atoms with van der Waals surface area (Å²) in [7, 11) is 3.11. The lowest BCUT2D eigenvalue weighted by molar-refractivity contribution is -0.114. The van der Waals surface area contributed by atoms with Gasteiger partial charge in [-0.05, 0) is 30.3 Å². The Morgan fingerprint density at radius 1 is 1.00 bits per heavy atom. The lowest BCUT2D eigenvalue weighted by Gasteiger charge is -2.11. The minimum absolute atomic E-state index is 0.0907. The number of para-hydroxylation sites is 2. The SMILES string of the molecule is CNC(=O)Nc1cccc(NC(=O)CNc2ccccc2OC)c1. The van der Waals surface area contributed by atoms with Gasteiger partial charge in [0.2, 0.25) is 5.91 Å². The quantitative estimate of drug-likeness (QED) is 0.656. The van der Waals surface area contributed by atoms with Gasteiger partial charge in [0.1, 0.15) is 5.75 Å². The summed E-state index contributed by atoms with van der Waals surface area (Å²) in [6.45, 7) is 0.0907. The van der Waals surface area contributed by atoms with Crippen LogP contribution in [0.2, 0.25) is 0 Å². The van der Waals surface area contributed by atoms with Crippen molar-refractivity contribution < 1.29 is 14.3 Å². The molecule has 7 heteroatoms. The molecule has 0 aromatic heterocycles. The number of hydrogen-bond acceptors (Lipinski definition) is 4. The number of carbonyl (C=O) groups excluding carboxylic acids is 2. The van der Waals surface area contributed by atoms with E-state index in [9.17, 15) is 9.59 Å². The lowest BCUT2D eigenvalue weighted by atomic mass is 10.2. The fourth-order valence-electron chi connectivity index (χ4n) is 2.04. The number of hydrogen-bond donors (Lipinski definition) is 4. The highest BCUT2D eigenvalue weighted by molar-refractivity contribution is 5.95. The second kappa shape index (κ2) is 8.42. The summed E-state index contributed by atoms with van der Waals surface area (Å²) in [6.07, 6.45) is 0. The van der Waals surface area contributed by atoms with Crippen molar-refractivity contribution in [2.45, 2.75) is 0 Å². The number of urea groups is 1. The second-order valence-electron chi connectivity index (χ2n) is 4.89. The normalized spacial score (nSPS) is 9.75. The molecule has 0 fully saturated rings. The molecule has 0 atom stereocenters. The summed E-state index contributed by atoms with van der Waals surface area (Å²) >= 11 is 0. The molecule has 24 heavy (non-hydrogen) atoms. The van der Waals surface area contributed by atoms with Gasteiger partial charge < -0.3 is 26.0 Å². The van der Waals surface area contributed by atoms with E-state index < -0.39 is 0 Å². The molecule has 4 N–H and O–H groups in total. The van der Waals surface area contributed by atoms with E-state index in [2.05, 4.69) is 21.3 Å². The molecule has 0 aliphatic heterocycles. The van der Waals surface area contributed by atoms with Gasteiger partial charge in [0, 0.05) is 18.4 Å². The topological polar surface area (TPSA) is 91.5 Å². The second-order valence-corrected chi connectivity index (χ2v) is 4.89. The monoisotopic (exact) mass is 328 g/mol. The number of ether oxygens (including phenoxy) is 1. The molecule has 0 aliphatic rings. The molecule has 2 aromatic carbocycles. The van der Waals surface area contributed by atoms with Gasteiger partial charge in [-0.15, -0.1) is 0 Å². The van der Waals surface area contributed by atoms with Crippen LogP contribution in [0.25, 0.3) is 0 Å². The molecule has 0 radical (unpaired) electrons. The van der Waals surface area contributed by atoms with Gasteiger partial charge in [-0.3, -0.25) is 4.79 Å². The van der Waals surface area contributed by atoms with Gasteiger partial charge in [0.05, 0.1) is 19.3 Å². The maximum Gasteiger partial charge on any atom is 0.318 e. The molecule has 2 aromatic rings. The number of anilines is 3. The van der Waals surface area contributed by atoms with E-state index in [0.717, 1.165) is 5.69 Å². The molecule has 0 heterocycles. The van der Waals surface area contributed by atoms with Crippen LogP contribution in [0.5, 0.6) is 5.75 Å². The van der Waals surface area contributed by atoms with Crippen molar-refractivity contribution in [3.8, 4) is 5.75 Å². The van der Waals surface area contributed by atoms with E-state index in [0.29, 0.717) is 17.1 Å². The van der Waals surface area contributed by atoms with Crippen LogP contribution in [0.4, 0.5) is 21.9 Å². The molecular formula is C17H20N4O3. The van der Waals surface area contributed by atoms with Crippen LogP contribution in [0.15, 0.2) is 48.5 Å². The molecule has 126 valence electrons. The van der Waals surface area contributed by atoms with E-state index in [1.54, 1.807) is 31.4 Å². The fraction of sp³-hybridized carbons (Fsp3) is 0.176. The van der Waals surface area contributed by atoms with Crippen molar-refractivity contribution in [2.24, 2.45) is 0 Å². The first kappa shape index (κ1) is 17.1. The minimum atomic E-state index is -0.323. The minimum Gasteiger partial charge on any atom is -0.495 e. The van der Waals surface area contributed by atoms with Gasteiger partial charge in [-0.25, -0.2) is 4.79 Å². The average molecular weight is 328 g/mol. The van der Waals surface area contributed by atoms with E-state index in [4.69, 9.17) is 4.74 Å². The first-order chi connectivity index (χ1) is 11.6. The summed E-state index contributed by atoms with van der Waals surface area (Å²) in [4.78, 5) is 23.4. The van der Waals surface area contributed by atoms with Crippen LogP contribution >= 0.6 is 0 Å². The van der Waals surface area contributed by atoms with Crippen LogP contribution in [0.1, 0.15) is 0 Å². The number of nitrogens with one attached hydrogen (secondary N) is 4. The molecule has 0 saturated heterocycles. The Balaban J connectivity index is 1.92. The summed E-state index contributed by atoms with van der Waals surface area (Å²) in [5.41, 5.74) is 1.92. The highest BCUT2D eigenvalue weighted by Crippen LogP contribution is 2.22. The van der Waals surface area contributed by atoms with Crippen LogP contribution in [-0.4, -0.2) is 32.6 Å². The molecule has 0 unspecified atom stereocenters. The molecule has 0 aliphatic carbocycles. The van der Waals surface area contributed by atoms with Gasteiger partial charge in [-0.1, -0.05) is 18.2 Å². The first-order valence-corrected chi connectivity index (χ1v) is 7.38. The molecule has 7 nitrogen and oxygen atoms in total. The third-order valence-corrected chi connectivity index (χ3v) is 3.18. The predicted molar refractivity (Wildman–Crippen MR) is 94.6 cm³/mol. The Kier molecular flexibility index (Phi) is 6.01. The smallest absolute Gasteiger partial charge is 0.318 e. The number of benzene rings is 2. The third-order valence-electron chi connectivity index (χ3n) is 3.18. The Labute approximate surface area is 140 Å². The highest BCUT2D eigenvalue weighted by atomic mass is 16.5. The predicted octanol–water partition coefficient (Wildman–Crippen LogP) is 2.50. The number of rotatable bonds is 6. The van der Waals surface area contributed by atoms with Crippen molar-refractivity contribution in [1.29, 1.82) is 0 Å². The van der Waals surface area contributed by atoms with Gasteiger partial charge >= 0.3 is 6.03 Å². The zero-order valence-electron chi connectivity index (χ0n) is 13.6. The standard InChI is InChI=1S/C17H20N4O3/c1-18-17(23)21-13-7-5-6-12(10-13)20-16(22)11-19-14-8-3-4-9-15(14)24-2/h3-10,19H,11H2,1-2H3,(H,20,22)(H2,18,21,23). The van der Waals surface area contributed by atoms with E-state index >= 15 is 0 Å². The van der Waals surface area contributed by atoms with Crippen molar-refractivity contribution in [2.75, 3.05) is 36.7 Å². The van der Waals surface area contributed by atoms with E-state index in [-0.39, 0.29) is 18.5 Å². The zero-order chi connectivity index (χ0) is 17.4. The Bertz CT molecular complexity index is 718. The molecule has 0 bridgehead atoms. The van der Waals surface area contributed by atoms with Crippen LogP contribution in [0.3, 0.4) is 0 Å². The Hall–Kier alpha value is -3.22. The highest BCUT2D eigenvalue weighted by Gasteiger charge is 2.06.